The van der Waals surface area contributed by atoms with Gasteiger partial charge in [-0.05, 0) is 75.5 Å². The maximum atomic E-state index is 15.1. The van der Waals surface area contributed by atoms with Gasteiger partial charge in [0.25, 0.3) is 0 Å². The summed E-state index contributed by atoms with van der Waals surface area (Å²) < 4.78 is 33.3. The number of nitrogens with one attached hydrogen (secondary N) is 1. The normalized spacial score (nSPS) is 19.3. The Kier molecular flexibility index (Phi) is 8.72. The number of halogens is 1. The van der Waals surface area contributed by atoms with Crippen molar-refractivity contribution >= 4 is 25.3 Å². The molecule has 0 aliphatic carbocycles. The first-order valence-corrected chi connectivity index (χ1v) is 18.7. The number of aromatic nitrogens is 1. The second-order valence-corrected chi connectivity index (χ2v) is 20.0. The van der Waals surface area contributed by atoms with Gasteiger partial charge in [-0.2, -0.15) is 0 Å². The summed E-state index contributed by atoms with van der Waals surface area (Å²) >= 11 is 0. The van der Waals surface area contributed by atoms with Crippen molar-refractivity contribution in [1.82, 2.24) is 14.8 Å². The van der Waals surface area contributed by atoms with Crippen molar-refractivity contribution in [1.29, 1.82) is 0 Å². The van der Waals surface area contributed by atoms with Gasteiger partial charge < -0.3 is 23.8 Å². The highest BCUT2D eigenvalue weighted by atomic mass is 28.4. The summed E-state index contributed by atoms with van der Waals surface area (Å²) in [5, 5.41) is 1.24. The lowest BCUT2D eigenvalue weighted by molar-refractivity contribution is 0.00721. The van der Waals surface area contributed by atoms with E-state index in [9.17, 15) is 4.79 Å². The van der Waals surface area contributed by atoms with E-state index in [4.69, 9.17) is 13.9 Å². The van der Waals surface area contributed by atoms with Crippen LogP contribution in [0.1, 0.15) is 77.2 Å². The lowest BCUT2D eigenvalue weighted by Crippen LogP contribution is -2.55. The third-order valence-electron chi connectivity index (χ3n) is 9.96. The highest BCUT2D eigenvalue weighted by Gasteiger charge is 2.49. The lowest BCUT2D eigenvalue weighted by atomic mass is 9.68. The number of aromatic amines is 1. The van der Waals surface area contributed by atoms with Gasteiger partial charge in [0.2, 0.25) is 0 Å². The Morgan fingerprint density at radius 3 is 2.36 bits per heavy atom. The fourth-order valence-corrected chi connectivity index (χ4v) is 7.47. The van der Waals surface area contributed by atoms with Crippen LogP contribution in [0.4, 0.5) is 9.18 Å². The summed E-state index contributed by atoms with van der Waals surface area (Å²) in [6.07, 6.45) is 1.29. The van der Waals surface area contributed by atoms with E-state index in [0.717, 1.165) is 36.3 Å². The number of carbonyl (C=O) groups is 1. The Bertz CT molecular complexity index is 1500. The molecule has 1 aromatic heterocycles. The molecule has 0 radical (unpaired) electrons. The van der Waals surface area contributed by atoms with Crippen LogP contribution in [0.2, 0.25) is 18.1 Å². The summed E-state index contributed by atoms with van der Waals surface area (Å²) in [5.74, 6) is 0.597. The highest BCUT2D eigenvalue weighted by Crippen LogP contribution is 2.50. The Morgan fingerprint density at radius 1 is 1.07 bits per heavy atom. The van der Waals surface area contributed by atoms with E-state index >= 15 is 4.39 Å². The molecule has 5 rings (SSSR count). The van der Waals surface area contributed by atoms with Crippen LogP contribution in [-0.4, -0.2) is 68.1 Å². The molecule has 2 aliphatic rings. The predicted molar refractivity (Wildman–Crippen MR) is 176 cm³/mol. The Morgan fingerprint density at radius 2 is 1.75 bits per heavy atom. The molecular formula is C35H50FN3O4Si. The first-order valence-electron chi connectivity index (χ1n) is 15.8. The fourth-order valence-electron chi connectivity index (χ4n) is 6.46. The third-order valence-corrected chi connectivity index (χ3v) is 14.5. The number of hydrogen-bond donors (Lipinski definition) is 1. The quantitative estimate of drug-likeness (QED) is 0.281. The van der Waals surface area contributed by atoms with Gasteiger partial charge in [0.15, 0.2) is 8.32 Å². The smallest absolute Gasteiger partial charge is 0.410 e. The second kappa shape index (κ2) is 11.8. The van der Waals surface area contributed by atoms with Crippen molar-refractivity contribution in [3.63, 3.8) is 0 Å². The molecular weight excluding hydrogens is 573 g/mol. The predicted octanol–water partition coefficient (Wildman–Crippen LogP) is 8.16. The molecule has 9 heteroatoms. The minimum absolute atomic E-state index is 0.0599. The van der Waals surface area contributed by atoms with E-state index in [1.54, 1.807) is 13.2 Å². The van der Waals surface area contributed by atoms with Gasteiger partial charge >= 0.3 is 6.09 Å². The van der Waals surface area contributed by atoms with Crippen molar-refractivity contribution in [2.24, 2.45) is 0 Å². The maximum Gasteiger partial charge on any atom is 0.410 e. The van der Waals surface area contributed by atoms with E-state index in [-0.39, 0.29) is 28.4 Å². The van der Waals surface area contributed by atoms with Crippen molar-refractivity contribution in [2.45, 2.75) is 96.1 Å². The van der Waals surface area contributed by atoms with Gasteiger partial charge in [-0.15, -0.1) is 0 Å². The van der Waals surface area contributed by atoms with Crippen LogP contribution in [0, 0.1) is 5.82 Å². The van der Waals surface area contributed by atoms with Crippen molar-refractivity contribution in [2.75, 3.05) is 33.4 Å². The Labute approximate surface area is 263 Å². The van der Waals surface area contributed by atoms with E-state index in [2.05, 4.69) is 55.9 Å². The van der Waals surface area contributed by atoms with Gasteiger partial charge in [0.1, 0.15) is 17.2 Å². The number of methoxy groups -OCH3 is 1. The summed E-state index contributed by atoms with van der Waals surface area (Å²) in [6, 6.07) is 13.2. The van der Waals surface area contributed by atoms with Gasteiger partial charge in [0, 0.05) is 59.8 Å². The van der Waals surface area contributed by atoms with Crippen LogP contribution in [0.25, 0.3) is 10.9 Å². The number of benzene rings is 2. The number of amides is 1. The summed E-state index contributed by atoms with van der Waals surface area (Å²) in [7, 11) is -0.394. The van der Waals surface area contributed by atoms with Crippen molar-refractivity contribution in [3.05, 3.63) is 65.1 Å². The van der Waals surface area contributed by atoms with E-state index < -0.39 is 13.9 Å². The maximum absolute atomic E-state index is 15.1. The molecule has 1 spiro atoms. The number of nitrogens with zero attached hydrogens (tertiary/aromatic N) is 2. The number of likely N-dealkylation sites (tertiary alicyclic amines) is 1. The second-order valence-electron chi connectivity index (χ2n) is 15.2. The Balaban J connectivity index is 1.59. The molecule has 2 aliphatic heterocycles. The fraction of sp³-hybridized carbons (Fsp3) is 0.571. The highest BCUT2D eigenvalue weighted by molar-refractivity contribution is 6.74. The topological polar surface area (TPSA) is 67.0 Å². The Hall–Kier alpha value is -2.88. The van der Waals surface area contributed by atoms with Crippen LogP contribution in [0.5, 0.6) is 5.75 Å². The third kappa shape index (κ3) is 6.42. The van der Waals surface area contributed by atoms with Gasteiger partial charge in [-0.1, -0.05) is 39.0 Å². The lowest BCUT2D eigenvalue weighted by Gasteiger charge is -2.51. The average Bonchev–Trinajstić information content (AvgIpc) is 3.32. The van der Waals surface area contributed by atoms with Crippen LogP contribution in [-0.2, 0) is 21.1 Å². The molecule has 2 aromatic carbocycles. The first-order chi connectivity index (χ1) is 20.5. The first kappa shape index (κ1) is 32.5. The molecule has 7 nitrogen and oxygen atoms in total. The van der Waals surface area contributed by atoms with E-state index in [0.29, 0.717) is 31.8 Å². The molecule has 0 unspecified atom stereocenters. The molecule has 0 saturated carbocycles. The van der Waals surface area contributed by atoms with Crippen LogP contribution < -0.4 is 4.74 Å². The molecule has 1 saturated heterocycles. The zero-order valence-corrected chi connectivity index (χ0v) is 29.0. The summed E-state index contributed by atoms with van der Waals surface area (Å²) in [4.78, 5) is 21.1. The molecule has 1 amide bonds. The number of H-pyrrole nitrogens is 1. The van der Waals surface area contributed by atoms with E-state index in [1.807, 2.05) is 43.9 Å². The summed E-state index contributed by atoms with van der Waals surface area (Å²) in [6.45, 7) is 19.9. The minimum atomic E-state index is -2.08. The molecule has 1 atom stereocenters. The molecule has 0 bridgehead atoms. The zero-order chi connectivity index (χ0) is 32.1. The van der Waals surface area contributed by atoms with Crippen LogP contribution in [0.15, 0.2) is 42.5 Å². The largest absolute Gasteiger partial charge is 0.497 e. The number of carbonyl (C=O) groups excluding carboxylic acids is 1. The number of rotatable bonds is 6. The summed E-state index contributed by atoms with van der Waals surface area (Å²) in [5.41, 5.74) is 3.33. The average molecular weight is 624 g/mol. The SMILES string of the molecule is COc1ccc2c3c([nH]c2c1)[C@@H](CO[Si](C)(C)C(C)(C)C)N(Cc1ccccc1F)CC31CCN(C(=O)OC(C)(C)C)CC1. The van der Waals surface area contributed by atoms with Crippen molar-refractivity contribution in [3.8, 4) is 5.75 Å². The van der Waals surface area contributed by atoms with Crippen LogP contribution >= 0.6 is 0 Å². The standard InChI is InChI=1S/C35H50FN3O4Si/c1-33(2,3)43-32(40)38-18-16-35(17-19-38)23-39(21-24-12-10-11-13-27(24)36)29(22-42-44(8,9)34(4,5)6)31-30(35)26-15-14-25(41-7)20-28(26)37-31/h10-15,20,29,37H,16-19,21-23H2,1-9H3/t29-/m1/s1. The van der Waals surface area contributed by atoms with Gasteiger partial charge in [0.05, 0.1) is 19.8 Å². The van der Waals surface area contributed by atoms with Crippen molar-refractivity contribution < 1.29 is 23.1 Å². The molecule has 44 heavy (non-hydrogen) atoms. The number of piperidine rings is 1. The molecule has 1 fully saturated rings. The van der Waals surface area contributed by atoms with Gasteiger partial charge in [-0.3, -0.25) is 4.90 Å². The zero-order valence-electron chi connectivity index (χ0n) is 28.0. The monoisotopic (exact) mass is 623 g/mol. The van der Waals surface area contributed by atoms with Crippen LogP contribution in [0.3, 0.4) is 0 Å². The number of ether oxygens (including phenoxy) is 2. The molecule has 240 valence electrons. The van der Waals surface area contributed by atoms with Gasteiger partial charge in [-0.25, -0.2) is 9.18 Å². The minimum Gasteiger partial charge on any atom is -0.497 e. The number of hydrogen-bond acceptors (Lipinski definition) is 5. The molecule has 3 aromatic rings. The molecule has 3 heterocycles. The van der Waals surface area contributed by atoms with E-state index in [1.165, 1.54) is 17.0 Å². The number of fused-ring (bicyclic) bond motifs is 4. The molecule has 1 N–H and O–H groups in total.